The fraction of sp³-hybridized carbons (Fsp3) is 0.455. The number of ether oxygens (including phenoxy) is 1. The molecule has 0 aliphatic heterocycles. The number of anilines is 1. The highest BCUT2D eigenvalue weighted by Crippen LogP contribution is 2.29. The molecule has 1 unspecified atom stereocenters. The van der Waals surface area contributed by atoms with Gasteiger partial charge in [0.15, 0.2) is 0 Å². The minimum absolute atomic E-state index is 0.0829. The van der Waals surface area contributed by atoms with Gasteiger partial charge in [0.25, 0.3) is 5.69 Å². The first kappa shape index (κ1) is 13.4. The molecule has 1 aromatic carbocycles. The molecule has 17 heavy (non-hydrogen) atoms. The fourth-order valence-electron chi connectivity index (χ4n) is 1.52. The molecule has 0 saturated heterocycles. The Hall–Kier alpha value is -1.69. The average Bonchev–Trinajstić information content (AvgIpc) is 2.27. The van der Waals surface area contributed by atoms with Crippen molar-refractivity contribution in [3.63, 3.8) is 0 Å². The summed E-state index contributed by atoms with van der Waals surface area (Å²) in [5.41, 5.74) is 0.136. The van der Waals surface area contributed by atoms with E-state index in [1.54, 1.807) is 19.1 Å². The molecule has 0 aliphatic carbocycles. The van der Waals surface area contributed by atoms with E-state index in [-0.39, 0.29) is 17.4 Å². The molecular formula is C11H15FN2O3. The summed E-state index contributed by atoms with van der Waals surface area (Å²) in [4.78, 5) is 11.9. The van der Waals surface area contributed by atoms with Crippen LogP contribution in [0.25, 0.3) is 0 Å². The van der Waals surface area contributed by atoms with Crippen molar-refractivity contribution in [3.05, 3.63) is 34.1 Å². The van der Waals surface area contributed by atoms with Gasteiger partial charge in [0, 0.05) is 32.3 Å². The van der Waals surface area contributed by atoms with Gasteiger partial charge in [-0.3, -0.25) is 10.1 Å². The molecule has 0 bridgehead atoms. The predicted octanol–water partition coefficient (Wildman–Crippen LogP) is 2.21. The molecule has 0 aromatic heterocycles. The van der Waals surface area contributed by atoms with Gasteiger partial charge in [-0.2, -0.15) is 0 Å². The number of likely N-dealkylation sites (N-methyl/N-ethyl adjacent to an activating group) is 1. The smallest absolute Gasteiger partial charge is 0.292 e. The van der Waals surface area contributed by atoms with Gasteiger partial charge in [-0.05, 0) is 13.0 Å². The van der Waals surface area contributed by atoms with Gasteiger partial charge in [0.1, 0.15) is 11.5 Å². The van der Waals surface area contributed by atoms with Crippen LogP contribution >= 0.6 is 0 Å². The maximum Gasteiger partial charge on any atom is 0.292 e. The van der Waals surface area contributed by atoms with Gasteiger partial charge < -0.3 is 9.64 Å². The number of methoxy groups -OCH3 is 1. The largest absolute Gasteiger partial charge is 0.383 e. The van der Waals surface area contributed by atoms with Crippen molar-refractivity contribution in [3.8, 4) is 0 Å². The normalized spacial score (nSPS) is 12.2. The third kappa shape index (κ3) is 3.13. The maximum atomic E-state index is 13.1. The molecule has 0 heterocycles. The first-order valence-electron chi connectivity index (χ1n) is 5.13. The molecule has 94 valence electrons. The van der Waals surface area contributed by atoms with Crippen LogP contribution in [0.3, 0.4) is 0 Å². The molecular weight excluding hydrogens is 227 g/mol. The van der Waals surface area contributed by atoms with Crippen LogP contribution in [0.5, 0.6) is 0 Å². The lowest BCUT2D eigenvalue weighted by Crippen LogP contribution is -2.33. The van der Waals surface area contributed by atoms with Crippen LogP contribution in [0.4, 0.5) is 15.8 Å². The van der Waals surface area contributed by atoms with E-state index < -0.39 is 10.7 Å². The Morgan fingerprint density at radius 2 is 2.24 bits per heavy atom. The lowest BCUT2D eigenvalue weighted by atomic mass is 10.2. The van der Waals surface area contributed by atoms with Crippen molar-refractivity contribution in [2.24, 2.45) is 0 Å². The highest BCUT2D eigenvalue weighted by molar-refractivity contribution is 5.63. The molecule has 1 atom stereocenters. The third-order valence-corrected chi connectivity index (χ3v) is 2.58. The van der Waals surface area contributed by atoms with Crippen molar-refractivity contribution in [1.82, 2.24) is 0 Å². The van der Waals surface area contributed by atoms with Crippen LogP contribution in [0.15, 0.2) is 18.2 Å². The van der Waals surface area contributed by atoms with Gasteiger partial charge >= 0.3 is 0 Å². The van der Waals surface area contributed by atoms with Crippen LogP contribution in [0, 0.1) is 15.9 Å². The first-order valence-corrected chi connectivity index (χ1v) is 5.13. The molecule has 0 fully saturated rings. The zero-order valence-electron chi connectivity index (χ0n) is 10.0. The lowest BCUT2D eigenvalue weighted by Gasteiger charge is -2.26. The SMILES string of the molecule is COCC(C)N(C)c1cc(F)ccc1[N+](=O)[O-]. The second-order valence-electron chi connectivity index (χ2n) is 3.81. The second kappa shape index (κ2) is 5.58. The fourth-order valence-corrected chi connectivity index (χ4v) is 1.52. The monoisotopic (exact) mass is 242 g/mol. The third-order valence-electron chi connectivity index (χ3n) is 2.58. The van der Waals surface area contributed by atoms with E-state index in [9.17, 15) is 14.5 Å². The van der Waals surface area contributed by atoms with Crippen LogP contribution in [0.2, 0.25) is 0 Å². The minimum atomic E-state index is -0.523. The Labute approximate surface area is 98.9 Å². The van der Waals surface area contributed by atoms with Crippen LogP contribution in [-0.4, -0.2) is 31.7 Å². The van der Waals surface area contributed by atoms with E-state index >= 15 is 0 Å². The van der Waals surface area contributed by atoms with Crippen molar-refractivity contribution in [2.75, 3.05) is 25.7 Å². The van der Waals surface area contributed by atoms with Gasteiger partial charge in [-0.15, -0.1) is 0 Å². The number of benzene rings is 1. The summed E-state index contributed by atoms with van der Waals surface area (Å²) >= 11 is 0. The number of nitrogens with zero attached hydrogens (tertiary/aromatic N) is 2. The van der Waals surface area contributed by atoms with Gasteiger partial charge in [-0.1, -0.05) is 0 Å². The number of halogens is 1. The van der Waals surface area contributed by atoms with Crippen LogP contribution < -0.4 is 4.90 Å². The molecule has 1 rings (SSSR count). The molecule has 0 saturated carbocycles. The minimum Gasteiger partial charge on any atom is -0.383 e. The summed E-state index contributed by atoms with van der Waals surface area (Å²) in [5, 5.41) is 10.8. The topological polar surface area (TPSA) is 55.6 Å². The van der Waals surface area contributed by atoms with E-state index in [0.29, 0.717) is 6.61 Å². The van der Waals surface area contributed by atoms with Gasteiger partial charge in [0.2, 0.25) is 0 Å². The van der Waals surface area contributed by atoms with Crippen molar-refractivity contribution in [2.45, 2.75) is 13.0 Å². The number of nitro benzene ring substituents is 1. The Balaban J connectivity index is 3.10. The zero-order valence-corrected chi connectivity index (χ0v) is 10.0. The number of rotatable bonds is 5. The quantitative estimate of drug-likeness (QED) is 0.586. The van der Waals surface area contributed by atoms with Crippen LogP contribution in [0.1, 0.15) is 6.92 Å². The highest BCUT2D eigenvalue weighted by atomic mass is 19.1. The maximum absolute atomic E-state index is 13.1. The molecule has 5 nitrogen and oxygen atoms in total. The molecule has 6 heteroatoms. The van der Waals surface area contributed by atoms with Gasteiger partial charge in [0.05, 0.1) is 11.5 Å². The zero-order chi connectivity index (χ0) is 13.0. The lowest BCUT2D eigenvalue weighted by molar-refractivity contribution is -0.384. The number of nitro groups is 1. The molecule has 0 aliphatic rings. The number of hydrogen-bond donors (Lipinski definition) is 0. The molecule has 0 radical (unpaired) electrons. The first-order chi connectivity index (χ1) is 7.97. The van der Waals surface area contributed by atoms with Crippen molar-refractivity contribution >= 4 is 11.4 Å². The summed E-state index contributed by atoms with van der Waals surface area (Å²) in [6, 6.07) is 3.32. The average molecular weight is 242 g/mol. The Bertz CT molecular complexity index is 412. The summed E-state index contributed by atoms with van der Waals surface area (Å²) < 4.78 is 18.1. The van der Waals surface area contributed by atoms with E-state index in [4.69, 9.17) is 4.74 Å². The van der Waals surface area contributed by atoms with Crippen molar-refractivity contribution in [1.29, 1.82) is 0 Å². The molecule has 0 spiro atoms. The van der Waals surface area contributed by atoms with E-state index in [1.165, 1.54) is 6.07 Å². The van der Waals surface area contributed by atoms with E-state index in [1.807, 2.05) is 6.92 Å². The van der Waals surface area contributed by atoms with Crippen molar-refractivity contribution < 1.29 is 14.1 Å². The Morgan fingerprint density at radius 3 is 2.76 bits per heavy atom. The standard InChI is InChI=1S/C11H15FN2O3/c1-8(7-17-3)13(2)11-6-9(12)4-5-10(11)14(15)16/h4-6,8H,7H2,1-3H3. The molecule has 1 aromatic rings. The van der Waals surface area contributed by atoms with E-state index in [2.05, 4.69) is 0 Å². The Morgan fingerprint density at radius 1 is 1.59 bits per heavy atom. The van der Waals surface area contributed by atoms with E-state index in [0.717, 1.165) is 12.1 Å². The van der Waals surface area contributed by atoms with Gasteiger partial charge in [-0.25, -0.2) is 4.39 Å². The van der Waals surface area contributed by atoms with Crippen LogP contribution in [-0.2, 0) is 4.74 Å². The summed E-state index contributed by atoms with van der Waals surface area (Å²) in [6.07, 6.45) is 0. The number of hydrogen-bond acceptors (Lipinski definition) is 4. The summed E-state index contributed by atoms with van der Waals surface area (Å²) in [5.74, 6) is -0.498. The second-order valence-corrected chi connectivity index (χ2v) is 3.81. The molecule has 0 amide bonds. The highest BCUT2D eigenvalue weighted by Gasteiger charge is 2.21. The molecule has 0 N–H and O–H groups in total. The summed E-state index contributed by atoms with van der Waals surface area (Å²) in [7, 11) is 3.22. The predicted molar refractivity (Wildman–Crippen MR) is 62.8 cm³/mol. The summed E-state index contributed by atoms with van der Waals surface area (Å²) in [6.45, 7) is 2.25. The Kier molecular flexibility index (Phi) is 4.39.